The summed E-state index contributed by atoms with van der Waals surface area (Å²) in [6.45, 7) is 4.19. The zero-order chi connectivity index (χ0) is 19.8. The topological polar surface area (TPSA) is 61.8 Å². The summed E-state index contributed by atoms with van der Waals surface area (Å²) < 4.78 is 16.6. The Morgan fingerprint density at radius 3 is 2.68 bits per heavy atom. The Morgan fingerprint density at radius 2 is 1.86 bits per heavy atom. The van der Waals surface area contributed by atoms with Crippen LogP contribution in [0, 0.1) is 28.6 Å². The molecular weight excluding hydrogens is 356 g/mol. The van der Waals surface area contributed by atoms with Gasteiger partial charge in [0.05, 0.1) is 19.8 Å². The lowest BCUT2D eigenvalue weighted by Crippen LogP contribution is -2.53. The predicted molar refractivity (Wildman–Crippen MR) is 105 cm³/mol. The molecule has 5 atom stereocenters. The molecule has 5 nitrogen and oxygen atoms in total. The zero-order valence-electron chi connectivity index (χ0n) is 17.3. The Kier molecular flexibility index (Phi) is 5.78. The van der Waals surface area contributed by atoms with E-state index in [4.69, 9.17) is 14.2 Å². The van der Waals surface area contributed by atoms with E-state index in [9.17, 15) is 9.59 Å². The van der Waals surface area contributed by atoms with Gasteiger partial charge in [0.25, 0.3) is 0 Å². The number of rotatable bonds is 7. The number of ether oxygens (including phenoxy) is 3. The molecule has 0 aromatic carbocycles. The minimum Gasteiger partial charge on any atom is -0.382 e. The Hall–Kier alpha value is -1.04. The number of hydrogen-bond donors (Lipinski definition) is 0. The van der Waals surface area contributed by atoms with Crippen LogP contribution in [0.4, 0.5) is 0 Å². The summed E-state index contributed by atoms with van der Waals surface area (Å²) in [5, 5.41) is 0. The minimum absolute atomic E-state index is 0.0472. The highest BCUT2D eigenvalue weighted by Crippen LogP contribution is 2.64. The van der Waals surface area contributed by atoms with Crippen LogP contribution in [-0.2, 0) is 23.8 Å². The summed E-state index contributed by atoms with van der Waals surface area (Å²) in [5.74, 6) is 2.34. The van der Waals surface area contributed by atoms with Crippen molar-refractivity contribution in [3.63, 3.8) is 0 Å². The molecule has 0 bridgehead atoms. The van der Waals surface area contributed by atoms with Crippen molar-refractivity contribution in [2.24, 2.45) is 28.6 Å². The summed E-state index contributed by atoms with van der Waals surface area (Å²) in [6, 6.07) is 0. The van der Waals surface area contributed by atoms with E-state index in [0.29, 0.717) is 49.8 Å². The van der Waals surface area contributed by atoms with Crippen LogP contribution in [0.5, 0.6) is 0 Å². The first-order valence-corrected chi connectivity index (χ1v) is 10.9. The molecule has 3 saturated carbocycles. The van der Waals surface area contributed by atoms with Crippen LogP contribution in [0.1, 0.15) is 58.3 Å². The Morgan fingerprint density at radius 1 is 1.00 bits per heavy atom. The summed E-state index contributed by atoms with van der Waals surface area (Å²) in [5.41, 5.74) is 1.14. The summed E-state index contributed by atoms with van der Waals surface area (Å²) in [7, 11) is 1.66. The lowest BCUT2D eigenvalue weighted by atomic mass is 9.47. The minimum atomic E-state index is -0.113. The van der Waals surface area contributed by atoms with Gasteiger partial charge in [0.1, 0.15) is 12.6 Å². The molecule has 4 aliphatic carbocycles. The standard InChI is InChI=1S/C23H34O5/c1-22-9-8-20-18(19(22)5-6-21(22)25)4-3-16-13-17(24)7-10-23(16,20)14-28-15-27-12-11-26-2/h13,18-20H,3-12,14-15H2,1-2H3. The smallest absolute Gasteiger partial charge is 0.155 e. The van der Waals surface area contributed by atoms with Gasteiger partial charge in [-0.25, -0.2) is 0 Å². The van der Waals surface area contributed by atoms with Crippen LogP contribution >= 0.6 is 0 Å². The highest BCUT2D eigenvalue weighted by atomic mass is 16.7. The van der Waals surface area contributed by atoms with Crippen molar-refractivity contribution in [3.8, 4) is 0 Å². The Balaban J connectivity index is 1.53. The molecule has 5 heteroatoms. The number of methoxy groups -OCH3 is 1. The van der Waals surface area contributed by atoms with Crippen LogP contribution in [0.2, 0.25) is 0 Å². The molecule has 0 N–H and O–H groups in total. The molecule has 0 heterocycles. The average molecular weight is 391 g/mol. The third-order valence-corrected chi connectivity index (χ3v) is 8.35. The first-order chi connectivity index (χ1) is 13.5. The van der Waals surface area contributed by atoms with Crippen molar-refractivity contribution in [1.29, 1.82) is 0 Å². The first kappa shape index (κ1) is 20.2. The van der Waals surface area contributed by atoms with Crippen molar-refractivity contribution >= 4 is 11.6 Å². The molecule has 0 aromatic heterocycles. The largest absolute Gasteiger partial charge is 0.382 e. The van der Waals surface area contributed by atoms with E-state index in [0.717, 1.165) is 44.9 Å². The number of hydrogen-bond acceptors (Lipinski definition) is 5. The maximum absolute atomic E-state index is 12.6. The Bertz CT molecular complexity index is 655. The average Bonchev–Trinajstić information content (AvgIpc) is 2.99. The van der Waals surface area contributed by atoms with E-state index in [1.54, 1.807) is 7.11 Å². The van der Waals surface area contributed by atoms with Gasteiger partial charge in [0, 0.05) is 30.8 Å². The van der Waals surface area contributed by atoms with E-state index < -0.39 is 0 Å². The number of carbonyl (C=O) groups is 2. The quantitative estimate of drug-likeness (QED) is 0.490. The fourth-order valence-electron chi connectivity index (χ4n) is 6.89. The van der Waals surface area contributed by atoms with Gasteiger partial charge in [0.15, 0.2) is 5.78 Å². The van der Waals surface area contributed by atoms with Gasteiger partial charge in [-0.15, -0.1) is 0 Å². The number of carbonyl (C=O) groups excluding carboxylic acids is 2. The van der Waals surface area contributed by atoms with Gasteiger partial charge >= 0.3 is 0 Å². The normalized spacial score (nSPS) is 39.9. The molecule has 3 fully saturated rings. The molecule has 156 valence electrons. The maximum atomic E-state index is 12.6. The van der Waals surface area contributed by atoms with Crippen LogP contribution in [0.25, 0.3) is 0 Å². The van der Waals surface area contributed by atoms with E-state index >= 15 is 0 Å². The predicted octanol–water partition coefficient (Wildman–Crippen LogP) is 3.70. The molecule has 0 spiro atoms. The highest BCUT2D eigenvalue weighted by Gasteiger charge is 2.60. The van der Waals surface area contributed by atoms with Crippen molar-refractivity contribution < 1.29 is 23.8 Å². The van der Waals surface area contributed by atoms with Gasteiger partial charge < -0.3 is 14.2 Å². The van der Waals surface area contributed by atoms with Crippen molar-refractivity contribution in [2.75, 3.05) is 33.7 Å². The van der Waals surface area contributed by atoms with Gasteiger partial charge in [-0.2, -0.15) is 0 Å². The van der Waals surface area contributed by atoms with Gasteiger partial charge in [-0.1, -0.05) is 12.5 Å². The van der Waals surface area contributed by atoms with E-state index in [2.05, 4.69) is 6.92 Å². The van der Waals surface area contributed by atoms with Gasteiger partial charge in [-0.3, -0.25) is 9.59 Å². The lowest BCUT2D eigenvalue weighted by molar-refractivity contribution is -0.140. The second-order valence-electron chi connectivity index (χ2n) is 9.49. The monoisotopic (exact) mass is 390 g/mol. The molecule has 4 rings (SSSR count). The first-order valence-electron chi connectivity index (χ1n) is 10.9. The van der Waals surface area contributed by atoms with Crippen molar-refractivity contribution in [3.05, 3.63) is 11.6 Å². The molecule has 5 unspecified atom stereocenters. The van der Waals surface area contributed by atoms with Crippen molar-refractivity contribution in [1.82, 2.24) is 0 Å². The molecule has 0 saturated heterocycles. The van der Waals surface area contributed by atoms with Crippen LogP contribution in [-0.4, -0.2) is 45.3 Å². The zero-order valence-corrected chi connectivity index (χ0v) is 17.3. The SMILES string of the molecule is COCCOCOCC12CCC(=O)C=C1CCC1C3CCC(=O)C3(C)CCC12. The second kappa shape index (κ2) is 8.00. The molecule has 4 aliphatic rings. The fourth-order valence-corrected chi connectivity index (χ4v) is 6.89. The van der Waals surface area contributed by atoms with Gasteiger partial charge in [-0.05, 0) is 62.4 Å². The second-order valence-corrected chi connectivity index (χ2v) is 9.49. The van der Waals surface area contributed by atoms with E-state index in [-0.39, 0.29) is 23.4 Å². The van der Waals surface area contributed by atoms with Crippen molar-refractivity contribution in [2.45, 2.75) is 58.3 Å². The lowest BCUT2D eigenvalue weighted by Gasteiger charge is -2.57. The molecule has 0 aromatic rings. The third kappa shape index (κ3) is 3.29. The number of fused-ring (bicyclic) bond motifs is 5. The summed E-state index contributed by atoms with van der Waals surface area (Å²) in [6.07, 6.45) is 9.37. The molecular formula is C23H34O5. The van der Waals surface area contributed by atoms with E-state index in [1.165, 1.54) is 5.57 Å². The molecule has 0 radical (unpaired) electrons. The van der Waals surface area contributed by atoms with Crippen LogP contribution in [0.3, 0.4) is 0 Å². The third-order valence-electron chi connectivity index (χ3n) is 8.35. The van der Waals surface area contributed by atoms with Crippen LogP contribution in [0.15, 0.2) is 11.6 Å². The summed E-state index contributed by atoms with van der Waals surface area (Å²) >= 11 is 0. The van der Waals surface area contributed by atoms with E-state index in [1.807, 2.05) is 6.08 Å². The summed E-state index contributed by atoms with van der Waals surface area (Å²) in [4.78, 5) is 24.7. The number of ketones is 2. The van der Waals surface area contributed by atoms with Crippen LogP contribution < -0.4 is 0 Å². The molecule has 28 heavy (non-hydrogen) atoms. The fraction of sp³-hybridized carbons (Fsp3) is 0.826. The molecule has 0 aliphatic heterocycles. The Labute approximate surface area is 168 Å². The number of Topliss-reactive ketones (excluding diaryl/α,β-unsaturated/α-hetero) is 1. The highest BCUT2D eigenvalue weighted by molar-refractivity contribution is 5.91. The van der Waals surface area contributed by atoms with Gasteiger partial charge in [0.2, 0.25) is 0 Å². The maximum Gasteiger partial charge on any atom is 0.155 e. The molecule has 0 amide bonds.